The average molecular weight is 192 g/mol. The van der Waals surface area contributed by atoms with Gasteiger partial charge in [0.15, 0.2) is 11.2 Å². The topological polar surface area (TPSA) is 110 Å². The zero-order valence-corrected chi connectivity index (χ0v) is 7.24. The second-order valence-corrected chi connectivity index (χ2v) is 2.62. The Bertz CT molecular complexity index is 548. The Hall–Kier alpha value is -2.18. The van der Waals surface area contributed by atoms with Crippen LogP contribution in [-0.4, -0.2) is 25.8 Å². The molecule has 7 nitrogen and oxygen atoms in total. The summed E-state index contributed by atoms with van der Waals surface area (Å²) in [5, 5.41) is 10.6. The van der Waals surface area contributed by atoms with E-state index in [0.717, 1.165) is 0 Å². The van der Waals surface area contributed by atoms with E-state index in [1.165, 1.54) is 13.3 Å². The number of nitrogens with one attached hydrogen (secondary N) is 2. The molecule has 0 amide bonds. The van der Waals surface area contributed by atoms with Gasteiger partial charge >= 0.3 is 0 Å². The van der Waals surface area contributed by atoms with Crippen molar-refractivity contribution < 1.29 is 5.11 Å². The van der Waals surface area contributed by atoms with Crippen molar-refractivity contribution in [3.05, 3.63) is 16.7 Å². The maximum absolute atomic E-state index is 11.3. The first kappa shape index (κ1) is 8.42. The van der Waals surface area contributed by atoms with Gasteiger partial charge in [-0.1, -0.05) is 0 Å². The Morgan fingerprint density at radius 3 is 3.14 bits per heavy atom. The van der Waals surface area contributed by atoms with E-state index in [4.69, 9.17) is 0 Å². The summed E-state index contributed by atoms with van der Waals surface area (Å²) in [4.78, 5) is 27.4. The molecule has 0 unspecified atom stereocenters. The van der Waals surface area contributed by atoms with Gasteiger partial charge in [0.1, 0.15) is 0 Å². The van der Waals surface area contributed by atoms with Crippen molar-refractivity contribution in [3.8, 4) is 0 Å². The number of hydrogen-bond acceptors (Lipinski definition) is 5. The van der Waals surface area contributed by atoms with Gasteiger partial charge in [-0.3, -0.25) is 9.78 Å². The lowest BCUT2D eigenvalue weighted by molar-refractivity contribution is -0.215. The van der Waals surface area contributed by atoms with Crippen molar-refractivity contribution in [2.45, 2.75) is 6.92 Å². The molecule has 14 heavy (non-hydrogen) atoms. The van der Waals surface area contributed by atoms with Crippen molar-refractivity contribution in [1.82, 2.24) is 19.9 Å². The molecule has 0 aliphatic heterocycles. The molecule has 2 heterocycles. The third kappa shape index (κ3) is 1.35. The number of aliphatic imine (C=N–C) groups is 1. The molecule has 0 spiro atoms. The molecule has 0 aliphatic carbocycles. The Kier molecular flexibility index (Phi) is 1.77. The Morgan fingerprint density at radius 1 is 1.64 bits per heavy atom. The highest BCUT2D eigenvalue weighted by Gasteiger charge is 2.03. The summed E-state index contributed by atoms with van der Waals surface area (Å²) >= 11 is 0. The van der Waals surface area contributed by atoms with Crippen molar-refractivity contribution >= 4 is 23.0 Å². The van der Waals surface area contributed by atoms with Crippen LogP contribution in [0.4, 0.5) is 5.95 Å². The van der Waals surface area contributed by atoms with Crippen LogP contribution in [0.3, 0.4) is 0 Å². The zero-order chi connectivity index (χ0) is 10.1. The highest BCUT2D eigenvalue weighted by atomic mass is 16.3. The fourth-order valence-corrected chi connectivity index (χ4v) is 1.03. The minimum absolute atomic E-state index is 0.0258. The number of nitrogens with zero attached hydrogens (tertiary/aromatic N) is 3. The fraction of sp³-hybridized carbons (Fsp3) is 0.143. The van der Waals surface area contributed by atoms with Gasteiger partial charge in [-0.15, -0.1) is 0 Å². The molecule has 0 aromatic carbocycles. The van der Waals surface area contributed by atoms with Crippen LogP contribution in [0.15, 0.2) is 16.1 Å². The lowest BCUT2D eigenvalue weighted by atomic mass is 10.5. The molecule has 7 heteroatoms. The van der Waals surface area contributed by atoms with Gasteiger partial charge in [0, 0.05) is 0 Å². The van der Waals surface area contributed by atoms with Crippen LogP contribution in [0.25, 0.3) is 11.2 Å². The van der Waals surface area contributed by atoms with Crippen molar-refractivity contribution in [2.24, 2.45) is 4.99 Å². The maximum atomic E-state index is 11.3. The molecule has 0 saturated carbocycles. The molecule has 2 rings (SSSR count). The van der Waals surface area contributed by atoms with Gasteiger partial charge < -0.3 is 10.1 Å². The van der Waals surface area contributed by atoms with Crippen LogP contribution in [0.2, 0.25) is 0 Å². The first-order valence-electron chi connectivity index (χ1n) is 3.82. The van der Waals surface area contributed by atoms with Gasteiger partial charge in [0.05, 0.1) is 6.33 Å². The maximum Gasteiger partial charge on any atom is 0.278 e. The minimum atomic E-state index is -0.428. The van der Waals surface area contributed by atoms with Crippen molar-refractivity contribution in [3.63, 3.8) is 0 Å². The van der Waals surface area contributed by atoms with E-state index < -0.39 is 11.5 Å². The second-order valence-electron chi connectivity index (χ2n) is 2.62. The molecule has 72 valence electrons. The van der Waals surface area contributed by atoms with E-state index in [0.29, 0.717) is 0 Å². The van der Waals surface area contributed by atoms with Crippen LogP contribution >= 0.6 is 0 Å². The molecular weight excluding hydrogens is 186 g/mol. The monoisotopic (exact) mass is 192 g/mol. The molecule has 2 aromatic heterocycles. The number of aromatic amines is 2. The molecule has 2 aromatic rings. The first-order chi connectivity index (χ1) is 6.66. The molecule has 0 fully saturated rings. The van der Waals surface area contributed by atoms with Crippen LogP contribution < -0.4 is 10.7 Å². The van der Waals surface area contributed by atoms with Gasteiger partial charge in [-0.2, -0.15) is 4.98 Å². The standard InChI is InChI=1S/C7H7N5O2/c1-3(13)10-7-11-5-4(6(14)12-7)8-2-9-5/h2H,1H3,(H3,8,9,10,11,12,13,14)/p-1. The normalized spacial score (nSPS) is 12.2. The van der Waals surface area contributed by atoms with Crippen LogP contribution in [0.5, 0.6) is 0 Å². The summed E-state index contributed by atoms with van der Waals surface area (Å²) in [5.41, 5.74) is 0.119. The number of rotatable bonds is 1. The summed E-state index contributed by atoms with van der Waals surface area (Å²) < 4.78 is 0. The summed E-state index contributed by atoms with van der Waals surface area (Å²) in [6, 6.07) is 0. The predicted octanol–water partition coefficient (Wildman–Crippen LogP) is -0.944. The molecule has 2 N–H and O–H groups in total. The Labute approximate surface area is 77.6 Å². The van der Waals surface area contributed by atoms with E-state index >= 15 is 0 Å². The molecule has 0 saturated heterocycles. The second kappa shape index (κ2) is 2.95. The molecule has 0 radical (unpaired) electrons. The lowest BCUT2D eigenvalue weighted by Gasteiger charge is -2.00. The average Bonchev–Trinajstić information content (AvgIpc) is 2.50. The van der Waals surface area contributed by atoms with E-state index in [1.54, 1.807) is 0 Å². The highest BCUT2D eigenvalue weighted by molar-refractivity contribution is 5.73. The van der Waals surface area contributed by atoms with Gasteiger partial charge in [0.2, 0.25) is 5.95 Å². The third-order valence-corrected chi connectivity index (χ3v) is 1.55. The Morgan fingerprint density at radius 2 is 2.43 bits per heavy atom. The number of hydrogen-bond donors (Lipinski definition) is 2. The minimum Gasteiger partial charge on any atom is -0.862 e. The van der Waals surface area contributed by atoms with Gasteiger partial charge in [-0.25, -0.2) is 9.98 Å². The van der Waals surface area contributed by atoms with E-state index in [9.17, 15) is 9.90 Å². The van der Waals surface area contributed by atoms with Crippen LogP contribution in [-0.2, 0) is 0 Å². The quantitative estimate of drug-likeness (QED) is 0.448. The van der Waals surface area contributed by atoms with E-state index in [-0.39, 0.29) is 17.1 Å². The summed E-state index contributed by atoms with van der Waals surface area (Å²) in [7, 11) is 0. The number of aromatic nitrogens is 4. The predicted molar refractivity (Wildman–Crippen MR) is 47.3 cm³/mol. The highest BCUT2D eigenvalue weighted by Crippen LogP contribution is 2.05. The Balaban J connectivity index is 2.71. The van der Waals surface area contributed by atoms with Crippen molar-refractivity contribution in [2.75, 3.05) is 0 Å². The fourth-order valence-electron chi connectivity index (χ4n) is 1.03. The van der Waals surface area contributed by atoms with Crippen molar-refractivity contribution in [1.29, 1.82) is 0 Å². The third-order valence-electron chi connectivity index (χ3n) is 1.55. The van der Waals surface area contributed by atoms with Crippen LogP contribution in [0.1, 0.15) is 6.92 Å². The van der Waals surface area contributed by atoms with E-state index in [2.05, 4.69) is 24.9 Å². The molecule has 0 bridgehead atoms. The van der Waals surface area contributed by atoms with Gasteiger partial charge in [-0.05, 0) is 12.8 Å². The lowest BCUT2D eigenvalue weighted by Crippen LogP contribution is -2.13. The summed E-state index contributed by atoms with van der Waals surface area (Å²) in [5.74, 6) is -0.454. The van der Waals surface area contributed by atoms with Crippen LogP contribution in [0, 0.1) is 0 Å². The first-order valence-corrected chi connectivity index (χ1v) is 3.82. The largest absolute Gasteiger partial charge is 0.862 e. The number of H-pyrrole nitrogens is 2. The van der Waals surface area contributed by atoms with Gasteiger partial charge in [0.25, 0.3) is 5.56 Å². The SMILES string of the molecule is CC([O-])=Nc1nc2nc[nH]c2c(=O)[nH]1. The molecular formula is C7H6N5O2-. The summed E-state index contributed by atoms with van der Waals surface area (Å²) in [6.45, 7) is 1.27. The molecule has 0 atom stereocenters. The molecule has 0 aliphatic rings. The number of imidazole rings is 1. The zero-order valence-electron chi connectivity index (χ0n) is 7.24. The number of fused-ring (bicyclic) bond motifs is 1. The smallest absolute Gasteiger partial charge is 0.278 e. The summed E-state index contributed by atoms with van der Waals surface area (Å²) in [6.07, 6.45) is 1.35. The van der Waals surface area contributed by atoms with E-state index in [1.807, 2.05) is 0 Å².